The van der Waals surface area contributed by atoms with Crippen molar-refractivity contribution in [3.8, 4) is 0 Å². The fourth-order valence-electron chi connectivity index (χ4n) is 1.18. The maximum Gasteiger partial charge on any atom is 0.319 e. The van der Waals surface area contributed by atoms with Crippen LogP contribution >= 0.6 is 0 Å². The van der Waals surface area contributed by atoms with Gasteiger partial charge in [0.2, 0.25) is 10.0 Å². The molecule has 2 amide bonds. The first kappa shape index (κ1) is 13.4. The molecule has 4 N–H and O–H groups in total. The highest BCUT2D eigenvalue weighted by Gasteiger charge is 2.16. The van der Waals surface area contributed by atoms with Crippen LogP contribution in [0.5, 0.6) is 0 Å². The first-order valence-corrected chi connectivity index (χ1v) is 6.26. The highest BCUT2D eigenvalue weighted by molar-refractivity contribution is 7.89. The van der Waals surface area contributed by atoms with Gasteiger partial charge in [0.25, 0.3) is 0 Å². The van der Waals surface area contributed by atoms with Crippen molar-refractivity contribution in [3.05, 3.63) is 24.0 Å². The molecule has 0 aliphatic heterocycles. The summed E-state index contributed by atoms with van der Waals surface area (Å²) in [7, 11) is -4.02. The van der Waals surface area contributed by atoms with Gasteiger partial charge in [0.15, 0.2) is 0 Å². The average Bonchev–Trinajstić information content (AvgIpc) is 2.15. The highest BCUT2D eigenvalue weighted by Crippen LogP contribution is 2.20. The van der Waals surface area contributed by atoms with E-state index in [0.29, 0.717) is 6.54 Å². The molecule has 1 aromatic carbocycles. The van der Waals surface area contributed by atoms with Gasteiger partial charge in [-0.3, -0.25) is 0 Å². The van der Waals surface area contributed by atoms with Gasteiger partial charge in [-0.15, -0.1) is 0 Å². The Balaban J connectivity index is 3.13. The van der Waals surface area contributed by atoms with Crippen molar-refractivity contribution in [1.82, 2.24) is 5.32 Å². The maximum absolute atomic E-state index is 13.0. The van der Waals surface area contributed by atoms with Gasteiger partial charge in [0, 0.05) is 6.54 Å². The van der Waals surface area contributed by atoms with E-state index in [4.69, 9.17) is 5.14 Å². The Kier molecular flexibility index (Phi) is 4.02. The second-order valence-corrected chi connectivity index (χ2v) is 4.70. The number of primary sulfonamides is 1. The van der Waals surface area contributed by atoms with Gasteiger partial charge >= 0.3 is 6.03 Å². The topological polar surface area (TPSA) is 101 Å². The molecule has 0 fully saturated rings. The first-order chi connectivity index (χ1) is 7.84. The third-order valence-corrected chi connectivity index (χ3v) is 2.80. The first-order valence-electron chi connectivity index (χ1n) is 4.71. The molecule has 0 aromatic heterocycles. The van der Waals surface area contributed by atoms with Crippen molar-refractivity contribution < 1.29 is 17.6 Å². The Bertz CT molecular complexity index is 530. The van der Waals surface area contributed by atoms with Crippen molar-refractivity contribution in [2.24, 2.45) is 5.14 Å². The van der Waals surface area contributed by atoms with E-state index in [1.54, 1.807) is 6.92 Å². The minimum atomic E-state index is -4.02. The predicted octanol–water partition coefficient (Wildman–Crippen LogP) is 0.615. The number of amides is 2. The van der Waals surface area contributed by atoms with Crippen molar-refractivity contribution >= 4 is 21.7 Å². The predicted molar refractivity (Wildman–Crippen MR) is 60.5 cm³/mol. The van der Waals surface area contributed by atoms with Gasteiger partial charge in [-0.1, -0.05) is 0 Å². The zero-order valence-corrected chi connectivity index (χ0v) is 9.84. The van der Waals surface area contributed by atoms with E-state index in [-0.39, 0.29) is 10.6 Å². The number of nitrogens with two attached hydrogens (primary N) is 1. The molecule has 0 unspecified atom stereocenters. The summed E-state index contributed by atoms with van der Waals surface area (Å²) in [6.45, 7) is 2.04. The summed E-state index contributed by atoms with van der Waals surface area (Å²) in [5.74, 6) is -0.677. The van der Waals surface area contributed by atoms with Crippen LogP contribution in [-0.2, 0) is 10.0 Å². The summed E-state index contributed by atoms with van der Waals surface area (Å²) in [5.41, 5.74) is -0.196. The molecule has 0 radical (unpaired) electrons. The minimum Gasteiger partial charge on any atom is -0.338 e. The summed E-state index contributed by atoms with van der Waals surface area (Å²) < 4.78 is 35.3. The summed E-state index contributed by atoms with van der Waals surface area (Å²) in [5, 5.41) is 9.53. The molecule has 0 heterocycles. The number of rotatable bonds is 3. The molecule has 1 rings (SSSR count). The summed E-state index contributed by atoms with van der Waals surface area (Å²) >= 11 is 0. The quantitative estimate of drug-likeness (QED) is 0.743. The van der Waals surface area contributed by atoms with Crippen LogP contribution in [0.4, 0.5) is 14.9 Å². The van der Waals surface area contributed by atoms with Crippen molar-refractivity contribution in [1.29, 1.82) is 0 Å². The molecule has 0 aliphatic carbocycles. The van der Waals surface area contributed by atoms with E-state index in [1.807, 2.05) is 0 Å². The molecule has 94 valence electrons. The van der Waals surface area contributed by atoms with Crippen LogP contribution in [0.3, 0.4) is 0 Å². The summed E-state index contributed by atoms with van der Waals surface area (Å²) in [6, 6.07) is 2.19. The Labute approximate surface area is 98.1 Å². The Hall–Kier alpha value is -1.67. The monoisotopic (exact) mass is 261 g/mol. The molecule has 0 atom stereocenters. The molecular formula is C9H12FN3O3S. The van der Waals surface area contributed by atoms with Gasteiger partial charge in [-0.25, -0.2) is 22.7 Å². The molecular weight excluding hydrogens is 249 g/mol. The minimum absolute atomic E-state index is 0.196. The van der Waals surface area contributed by atoms with E-state index in [2.05, 4.69) is 10.6 Å². The van der Waals surface area contributed by atoms with Gasteiger partial charge in [-0.05, 0) is 25.1 Å². The number of carbonyl (C=O) groups is 1. The van der Waals surface area contributed by atoms with E-state index >= 15 is 0 Å². The molecule has 0 saturated heterocycles. The lowest BCUT2D eigenvalue weighted by Crippen LogP contribution is -2.29. The largest absolute Gasteiger partial charge is 0.338 e. The van der Waals surface area contributed by atoms with Crippen LogP contribution in [0.15, 0.2) is 23.1 Å². The van der Waals surface area contributed by atoms with Gasteiger partial charge in [-0.2, -0.15) is 0 Å². The van der Waals surface area contributed by atoms with Gasteiger partial charge < -0.3 is 10.6 Å². The number of hydrogen-bond donors (Lipinski definition) is 3. The van der Waals surface area contributed by atoms with Crippen LogP contribution in [0.2, 0.25) is 0 Å². The average molecular weight is 261 g/mol. The third-order valence-electron chi connectivity index (χ3n) is 1.83. The number of urea groups is 1. The number of anilines is 1. The lowest BCUT2D eigenvalue weighted by atomic mass is 10.3. The molecule has 1 aromatic rings. The van der Waals surface area contributed by atoms with Crippen LogP contribution in [0.1, 0.15) is 6.92 Å². The number of hydrogen-bond acceptors (Lipinski definition) is 3. The molecule has 8 heteroatoms. The summed E-state index contributed by atoms with van der Waals surface area (Å²) in [4.78, 5) is 10.9. The number of carbonyl (C=O) groups excluding carboxylic acids is 1. The smallest absolute Gasteiger partial charge is 0.319 e. The van der Waals surface area contributed by atoms with Crippen molar-refractivity contribution in [3.63, 3.8) is 0 Å². The third kappa shape index (κ3) is 3.68. The number of nitrogens with one attached hydrogen (secondary N) is 2. The number of benzene rings is 1. The lowest BCUT2D eigenvalue weighted by molar-refractivity contribution is 0.252. The van der Waals surface area contributed by atoms with Crippen LogP contribution in [0.25, 0.3) is 0 Å². The number of sulfonamides is 1. The molecule has 17 heavy (non-hydrogen) atoms. The van der Waals surface area contributed by atoms with E-state index in [1.165, 1.54) is 0 Å². The second-order valence-electron chi connectivity index (χ2n) is 3.17. The Morgan fingerprint density at radius 1 is 1.47 bits per heavy atom. The molecule has 0 saturated carbocycles. The molecule has 0 bridgehead atoms. The number of halogens is 1. The molecule has 0 aliphatic rings. The van der Waals surface area contributed by atoms with E-state index < -0.39 is 21.9 Å². The zero-order valence-electron chi connectivity index (χ0n) is 9.03. The fraction of sp³-hybridized carbons (Fsp3) is 0.222. The van der Waals surface area contributed by atoms with Crippen LogP contribution in [0, 0.1) is 5.82 Å². The van der Waals surface area contributed by atoms with Crippen molar-refractivity contribution in [2.45, 2.75) is 11.8 Å². The molecule has 0 spiro atoms. The van der Waals surface area contributed by atoms with Crippen molar-refractivity contribution in [2.75, 3.05) is 11.9 Å². The normalized spacial score (nSPS) is 11.0. The van der Waals surface area contributed by atoms with E-state index in [0.717, 1.165) is 18.2 Å². The maximum atomic E-state index is 13.0. The van der Waals surface area contributed by atoms with Crippen LogP contribution < -0.4 is 15.8 Å². The Morgan fingerprint density at radius 2 is 2.12 bits per heavy atom. The highest BCUT2D eigenvalue weighted by atomic mass is 32.2. The summed E-state index contributed by atoms with van der Waals surface area (Å²) in [6.07, 6.45) is 0. The van der Waals surface area contributed by atoms with Crippen LogP contribution in [-0.4, -0.2) is 21.0 Å². The molecule has 6 nitrogen and oxygen atoms in total. The Morgan fingerprint density at radius 3 is 2.65 bits per heavy atom. The second kappa shape index (κ2) is 5.11. The van der Waals surface area contributed by atoms with Gasteiger partial charge in [0.05, 0.1) is 5.69 Å². The standard InChI is InChI=1S/C9H12FN3O3S/c1-2-12-9(14)13-7-5-6(10)3-4-8(7)17(11,15)16/h3-5H,2H2,1H3,(H2,11,15,16)(H2,12,13,14). The van der Waals surface area contributed by atoms with Gasteiger partial charge in [0.1, 0.15) is 10.7 Å². The fourth-order valence-corrected chi connectivity index (χ4v) is 1.85. The SMILES string of the molecule is CCNC(=O)Nc1cc(F)ccc1S(N)(=O)=O. The zero-order chi connectivity index (χ0) is 13.1. The lowest BCUT2D eigenvalue weighted by Gasteiger charge is -2.09. The van der Waals surface area contributed by atoms with E-state index in [9.17, 15) is 17.6 Å².